The zero-order chi connectivity index (χ0) is 16.2. The molecule has 8 heteroatoms. The maximum Gasteiger partial charge on any atom is 0.416 e. The number of hydrogen-bond donors (Lipinski definition) is 2. The molecule has 0 saturated heterocycles. The number of fused-ring (bicyclic) bond motifs is 1. The standard InChI is InChI=1S/C13H8F3N3.CH2O2/c14-13(15,16)9-3-1-2-8(6-9)10-4-5-17-12-11(10)18-7-19-12;2-1-3/h1-7H,(H,17,18,19);1H,(H,2,3). The molecule has 0 radical (unpaired) electrons. The summed E-state index contributed by atoms with van der Waals surface area (Å²) < 4.78 is 38.1. The van der Waals surface area contributed by atoms with Gasteiger partial charge in [0.2, 0.25) is 0 Å². The summed E-state index contributed by atoms with van der Waals surface area (Å²) >= 11 is 0. The smallest absolute Gasteiger partial charge is 0.416 e. The Hall–Kier alpha value is -2.90. The number of halogens is 3. The number of nitrogens with one attached hydrogen (secondary N) is 1. The van der Waals surface area contributed by atoms with Gasteiger partial charge in [0, 0.05) is 11.8 Å². The first-order chi connectivity index (χ1) is 10.5. The molecule has 0 saturated carbocycles. The molecule has 5 nitrogen and oxygen atoms in total. The molecule has 22 heavy (non-hydrogen) atoms. The second-order valence-electron chi connectivity index (χ2n) is 4.14. The van der Waals surface area contributed by atoms with E-state index in [0.717, 1.165) is 12.1 Å². The SMILES string of the molecule is FC(F)(F)c1cccc(-c2ccnc3nc[nH]c23)c1.O=CO. The van der Waals surface area contributed by atoms with Gasteiger partial charge >= 0.3 is 6.18 Å². The lowest BCUT2D eigenvalue weighted by atomic mass is 10.0. The number of carbonyl (C=O) groups is 1. The van der Waals surface area contributed by atoms with Crippen LogP contribution < -0.4 is 0 Å². The first-order valence-corrected chi connectivity index (χ1v) is 6.01. The predicted octanol–water partition coefficient (Wildman–Crippen LogP) is 3.34. The van der Waals surface area contributed by atoms with E-state index < -0.39 is 11.7 Å². The van der Waals surface area contributed by atoms with Gasteiger partial charge in [-0.2, -0.15) is 13.2 Å². The molecule has 114 valence electrons. The van der Waals surface area contributed by atoms with E-state index in [2.05, 4.69) is 15.0 Å². The third kappa shape index (κ3) is 3.22. The molecule has 0 spiro atoms. The molecule has 0 aliphatic rings. The van der Waals surface area contributed by atoms with Crippen molar-refractivity contribution in [2.75, 3.05) is 0 Å². The van der Waals surface area contributed by atoms with Crippen LogP contribution in [0.4, 0.5) is 13.2 Å². The highest BCUT2D eigenvalue weighted by Gasteiger charge is 2.30. The van der Waals surface area contributed by atoms with Gasteiger partial charge in [0.05, 0.1) is 17.4 Å². The van der Waals surface area contributed by atoms with Crippen LogP contribution in [0.15, 0.2) is 42.9 Å². The van der Waals surface area contributed by atoms with E-state index in [1.54, 1.807) is 12.1 Å². The monoisotopic (exact) mass is 309 g/mol. The van der Waals surface area contributed by atoms with Crippen molar-refractivity contribution in [1.82, 2.24) is 15.0 Å². The molecule has 0 unspecified atom stereocenters. The Bertz CT molecular complexity index is 784. The van der Waals surface area contributed by atoms with Gasteiger partial charge in [-0.25, -0.2) is 9.97 Å². The molecule has 2 N–H and O–H groups in total. The zero-order valence-electron chi connectivity index (χ0n) is 11.0. The summed E-state index contributed by atoms with van der Waals surface area (Å²) in [6.45, 7) is -0.250. The number of carboxylic acid groups (broad SMARTS) is 1. The Labute approximate surface area is 122 Å². The largest absolute Gasteiger partial charge is 0.483 e. The quantitative estimate of drug-likeness (QED) is 0.676. The molecule has 2 heterocycles. The van der Waals surface area contributed by atoms with E-state index in [0.29, 0.717) is 22.3 Å². The van der Waals surface area contributed by atoms with E-state index >= 15 is 0 Å². The van der Waals surface area contributed by atoms with Crippen molar-refractivity contribution in [2.45, 2.75) is 6.18 Å². The predicted molar refractivity (Wildman–Crippen MR) is 73.0 cm³/mol. The zero-order valence-corrected chi connectivity index (χ0v) is 11.0. The number of rotatable bonds is 1. The maximum absolute atomic E-state index is 12.7. The average molecular weight is 309 g/mol. The van der Waals surface area contributed by atoms with Crippen molar-refractivity contribution in [1.29, 1.82) is 0 Å². The second kappa shape index (κ2) is 6.25. The lowest BCUT2D eigenvalue weighted by Crippen LogP contribution is -2.04. The second-order valence-corrected chi connectivity index (χ2v) is 4.14. The van der Waals surface area contributed by atoms with Gasteiger partial charge in [-0.05, 0) is 23.8 Å². The Morgan fingerprint density at radius 2 is 1.91 bits per heavy atom. The number of hydrogen-bond acceptors (Lipinski definition) is 3. The van der Waals surface area contributed by atoms with Crippen LogP contribution in [0.3, 0.4) is 0 Å². The molecule has 0 aliphatic heterocycles. The summed E-state index contributed by atoms with van der Waals surface area (Å²) in [5.41, 5.74) is 1.56. The van der Waals surface area contributed by atoms with Crippen LogP contribution in [0.5, 0.6) is 0 Å². The van der Waals surface area contributed by atoms with Gasteiger partial charge in [0.1, 0.15) is 0 Å². The minimum absolute atomic E-state index is 0.250. The highest BCUT2D eigenvalue weighted by molar-refractivity contribution is 5.89. The van der Waals surface area contributed by atoms with Crippen molar-refractivity contribution in [3.8, 4) is 11.1 Å². The highest BCUT2D eigenvalue weighted by Crippen LogP contribution is 2.33. The number of aromatic amines is 1. The third-order valence-electron chi connectivity index (χ3n) is 2.83. The van der Waals surface area contributed by atoms with E-state index in [1.165, 1.54) is 18.6 Å². The summed E-state index contributed by atoms with van der Waals surface area (Å²) in [6.07, 6.45) is -1.36. The van der Waals surface area contributed by atoms with Crippen molar-refractivity contribution in [2.24, 2.45) is 0 Å². The average Bonchev–Trinajstić information content (AvgIpc) is 2.95. The van der Waals surface area contributed by atoms with Gasteiger partial charge in [0.15, 0.2) is 5.65 Å². The molecule has 3 rings (SSSR count). The van der Waals surface area contributed by atoms with Crippen LogP contribution in [-0.4, -0.2) is 26.5 Å². The number of aromatic nitrogens is 3. The van der Waals surface area contributed by atoms with Gasteiger partial charge < -0.3 is 10.1 Å². The van der Waals surface area contributed by atoms with Crippen molar-refractivity contribution >= 4 is 17.6 Å². The number of alkyl halides is 3. The first-order valence-electron chi connectivity index (χ1n) is 6.01. The fraction of sp³-hybridized carbons (Fsp3) is 0.0714. The molecule has 0 aliphatic carbocycles. The van der Waals surface area contributed by atoms with E-state index in [9.17, 15) is 13.2 Å². The van der Waals surface area contributed by atoms with Crippen molar-refractivity contribution < 1.29 is 23.1 Å². The fourth-order valence-corrected chi connectivity index (χ4v) is 1.95. The molecule has 0 bridgehead atoms. The van der Waals surface area contributed by atoms with Crippen LogP contribution in [0, 0.1) is 0 Å². The highest BCUT2D eigenvalue weighted by atomic mass is 19.4. The summed E-state index contributed by atoms with van der Waals surface area (Å²) in [4.78, 5) is 19.3. The lowest BCUT2D eigenvalue weighted by molar-refractivity contribution is -0.137. The van der Waals surface area contributed by atoms with Crippen molar-refractivity contribution in [3.05, 3.63) is 48.4 Å². The number of nitrogens with zero attached hydrogens (tertiary/aromatic N) is 2. The summed E-state index contributed by atoms with van der Waals surface area (Å²) in [5.74, 6) is 0. The number of benzene rings is 1. The number of pyridine rings is 1. The molecular formula is C14H10F3N3O2. The first kappa shape index (κ1) is 15.5. The van der Waals surface area contributed by atoms with E-state index in [4.69, 9.17) is 9.90 Å². The Balaban J connectivity index is 0.000000545. The van der Waals surface area contributed by atoms with Crippen LogP contribution >= 0.6 is 0 Å². The summed E-state index contributed by atoms with van der Waals surface area (Å²) in [7, 11) is 0. The maximum atomic E-state index is 12.7. The summed E-state index contributed by atoms with van der Waals surface area (Å²) in [5, 5.41) is 6.89. The molecule has 2 aromatic heterocycles. The normalized spacial score (nSPS) is 10.9. The van der Waals surface area contributed by atoms with Crippen molar-refractivity contribution in [3.63, 3.8) is 0 Å². The topological polar surface area (TPSA) is 78.9 Å². The molecule has 1 aromatic carbocycles. The Morgan fingerprint density at radius 3 is 2.59 bits per heavy atom. The summed E-state index contributed by atoms with van der Waals surface area (Å²) in [6, 6.07) is 6.85. The van der Waals surface area contributed by atoms with Crippen LogP contribution in [0.1, 0.15) is 5.56 Å². The van der Waals surface area contributed by atoms with Gasteiger partial charge in [-0.3, -0.25) is 4.79 Å². The van der Waals surface area contributed by atoms with Gasteiger partial charge in [0.25, 0.3) is 6.47 Å². The van der Waals surface area contributed by atoms with Crippen LogP contribution in [0.25, 0.3) is 22.3 Å². The van der Waals surface area contributed by atoms with E-state index in [1.807, 2.05) is 0 Å². The molecule has 3 aromatic rings. The van der Waals surface area contributed by atoms with Crippen LogP contribution in [-0.2, 0) is 11.0 Å². The van der Waals surface area contributed by atoms with Crippen LogP contribution in [0.2, 0.25) is 0 Å². The molecule has 0 fully saturated rings. The molecular weight excluding hydrogens is 299 g/mol. The Kier molecular flexibility index (Phi) is 4.40. The van der Waals surface area contributed by atoms with Gasteiger partial charge in [-0.1, -0.05) is 12.1 Å². The number of H-pyrrole nitrogens is 1. The minimum Gasteiger partial charge on any atom is -0.483 e. The lowest BCUT2D eigenvalue weighted by Gasteiger charge is -2.09. The number of imidazole rings is 1. The fourth-order valence-electron chi connectivity index (χ4n) is 1.95. The Morgan fingerprint density at radius 1 is 1.18 bits per heavy atom. The minimum atomic E-state index is -4.35. The molecule has 0 atom stereocenters. The van der Waals surface area contributed by atoms with E-state index in [-0.39, 0.29) is 6.47 Å². The third-order valence-corrected chi connectivity index (χ3v) is 2.83. The van der Waals surface area contributed by atoms with Gasteiger partial charge in [-0.15, -0.1) is 0 Å². The molecule has 0 amide bonds.